The number of anilines is 2. The fourth-order valence-electron chi connectivity index (χ4n) is 3.89. The maximum atomic E-state index is 14.0. The second-order valence-corrected chi connectivity index (χ2v) is 7.54. The third kappa shape index (κ3) is 4.20. The summed E-state index contributed by atoms with van der Waals surface area (Å²) in [6.07, 6.45) is 3.16. The zero-order valence-corrected chi connectivity index (χ0v) is 16.9. The van der Waals surface area contributed by atoms with E-state index in [2.05, 4.69) is 15.3 Å². The maximum Gasteiger partial charge on any atom is 0.230 e. The van der Waals surface area contributed by atoms with Crippen LogP contribution < -0.4 is 10.2 Å². The van der Waals surface area contributed by atoms with Crippen molar-refractivity contribution in [1.29, 1.82) is 0 Å². The fourth-order valence-corrected chi connectivity index (χ4v) is 3.89. The molecule has 5 nitrogen and oxygen atoms in total. The highest BCUT2D eigenvalue weighted by Gasteiger charge is 2.26. The van der Waals surface area contributed by atoms with Gasteiger partial charge in [-0.05, 0) is 43.0 Å². The summed E-state index contributed by atoms with van der Waals surface area (Å²) >= 11 is 0. The summed E-state index contributed by atoms with van der Waals surface area (Å²) in [7, 11) is 1.74. The molecule has 1 fully saturated rings. The number of piperidine rings is 1. The van der Waals surface area contributed by atoms with Gasteiger partial charge < -0.3 is 10.2 Å². The largest absolute Gasteiger partial charge is 0.367 e. The molecule has 0 atom stereocenters. The van der Waals surface area contributed by atoms with Gasteiger partial charge in [0.2, 0.25) is 5.91 Å². The van der Waals surface area contributed by atoms with Crippen molar-refractivity contribution in [1.82, 2.24) is 9.78 Å². The third-order valence-corrected chi connectivity index (χ3v) is 5.36. The number of hydrogen-bond acceptors (Lipinski definition) is 3. The highest BCUT2D eigenvalue weighted by Crippen LogP contribution is 2.38. The lowest BCUT2D eigenvalue weighted by molar-refractivity contribution is -0.115. The molecule has 156 valence electrons. The Morgan fingerprint density at radius 2 is 1.83 bits per heavy atom. The van der Waals surface area contributed by atoms with E-state index in [1.807, 2.05) is 6.07 Å². The predicted molar refractivity (Wildman–Crippen MR) is 113 cm³/mol. The zero-order chi connectivity index (χ0) is 21.1. The topological polar surface area (TPSA) is 50.2 Å². The van der Waals surface area contributed by atoms with E-state index in [4.69, 9.17) is 0 Å². The summed E-state index contributed by atoms with van der Waals surface area (Å²) in [5.41, 5.74) is 2.40. The minimum absolute atomic E-state index is 0.0768. The van der Waals surface area contributed by atoms with E-state index in [0.717, 1.165) is 38.0 Å². The van der Waals surface area contributed by atoms with Crippen molar-refractivity contribution < 1.29 is 13.6 Å². The first kappa shape index (κ1) is 20.1. The standard InChI is InChI=1S/C23H24F2N4O/c1-28-23(26-20(30)15-16-8-3-4-11-19(16)25)22(29-12-5-2-6-13-29)21(27-28)17-9-7-10-18(24)14-17/h3-4,7-11,14H,2,5-6,12-13,15H2,1H3,(H,26,30). The van der Waals surface area contributed by atoms with Crippen molar-refractivity contribution in [2.45, 2.75) is 25.7 Å². The Morgan fingerprint density at radius 3 is 2.57 bits per heavy atom. The molecule has 7 heteroatoms. The number of benzene rings is 2. The van der Waals surface area contributed by atoms with Gasteiger partial charge in [-0.15, -0.1) is 0 Å². The van der Waals surface area contributed by atoms with Crippen molar-refractivity contribution in [3.05, 3.63) is 65.7 Å². The first-order chi connectivity index (χ1) is 14.5. The number of aryl methyl sites for hydroxylation is 1. The number of aromatic nitrogens is 2. The molecule has 0 bridgehead atoms. The monoisotopic (exact) mass is 410 g/mol. The second kappa shape index (κ2) is 8.65. The number of carbonyl (C=O) groups excluding carboxylic acids is 1. The molecule has 1 N–H and O–H groups in total. The van der Waals surface area contributed by atoms with E-state index >= 15 is 0 Å². The molecule has 3 aromatic rings. The highest BCUT2D eigenvalue weighted by molar-refractivity contribution is 5.97. The molecule has 0 radical (unpaired) electrons. The molecule has 1 amide bonds. The van der Waals surface area contributed by atoms with Crippen molar-refractivity contribution in [2.24, 2.45) is 7.05 Å². The van der Waals surface area contributed by atoms with Gasteiger partial charge in [0.15, 0.2) is 5.82 Å². The Balaban J connectivity index is 1.69. The minimum atomic E-state index is -0.408. The van der Waals surface area contributed by atoms with Crippen LogP contribution in [-0.4, -0.2) is 28.8 Å². The van der Waals surface area contributed by atoms with Crippen molar-refractivity contribution in [3.8, 4) is 11.3 Å². The highest BCUT2D eigenvalue weighted by atomic mass is 19.1. The van der Waals surface area contributed by atoms with Gasteiger partial charge in [-0.3, -0.25) is 9.48 Å². The lowest BCUT2D eigenvalue weighted by Gasteiger charge is -2.29. The van der Waals surface area contributed by atoms with E-state index in [9.17, 15) is 13.6 Å². The van der Waals surface area contributed by atoms with E-state index in [0.29, 0.717) is 22.6 Å². The molecule has 4 rings (SSSR count). The summed E-state index contributed by atoms with van der Waals surface area (Å²) in [6, 6.07) is 12.5. The Bertz CT molecular complexity index is 1060. The molecule has 0 aliphatic carbocycles. The third-order valence-electron chi connectivity index (χ3n) is 5.36. The molecule has 1 aliphatic heterocycles. The van der Waals surface area contributed by atoms with Gasteiger partial charge in [0.05, 0.1) is 6.42 Å². The number of hydrogen-bond donors (Lipinski definition) is 1. The van der Waals surface area contributed by atoms with Crippen LogP contribution in [0.1, 0.15) is 24.8 Å². The average molecular weight is 410 g/mol. The first-order valence-electron chi connectivity index (χ1n) is 10.1. The van der Waals surface area contributed by atoms with Crippen molar-refractivity contribution in [3.63, 3.8) is 0 Å². The van der Waals surface area contributed by atoms with Gasteiger partial charge in [-0.25, -0.2) is 8.78 Å². The fraction of sp³-hybridized carbons (Fsp3) is 0.304. The van der Waals surface area contributed by atoms with Gasteiger partial charge in [-0.1, -0.05) is 30.3 Å². The van der Waals surface area contributed by atoms with Crippen LogP contribution in [0.25, 0.3) is 11.3 Å². The first-order valence-corrected chi connectivity index (χ1v) is 10.1. The molecule has 1 saturated heterocycles. The normalized spacial score (nSPS) is 14.0. The average Bonchev–Trinajstić information content (AvgIpc) is 3.06. The predicted octanol–water partition coefficient (Wildman–Crippen LogP) is 4.54. The van der Waals surface area contributed by atoms with Crippen LogP contribution in [-0.2, 0) is 18.3 Å². The summed E-state index contributed by atoms with van der Waals surface area (Å²) in [4.78, 5) is 14.9. The van der Waals surface area contributed by atoms with Crippen LogP contribution in [0.4, 0.5) is 20.3 Å². The Kier molecular flexibility index (Phi) is 5.79. The van der Waals surface area contributed by atoms with Crippen LogP contribution in [0.2, 0.25) is 0 Å². The second-order valence-electron chi connectivity index (χ2n) is 7.54. The van der Waals surface area contributed by atoms with Gasteiger partial charge in [-0.2, -0.15) is 5.10 Å². The van der Waals surface area contributed by atoms with E-state index in [1.54, 1.807) is 36.0 Å². The molecule has 30 heavy (non-hydrogen) atoms. The van der Waals surface area contributed by atoms with Crippen LogP contribution in [0.5, 0.6) is 0 Å². The lowest BCUT2D eigenvalue weighted by Crippen LogP contribution is -2.31. The van der Waals surface area contributed by atoms with E-state index in [-0.39, 0.29) is 18.1 Å². The maximum absolute atomic E-state index is 14.0. The van der Waals surface area contributed by atoms with Crippen molar-refractivity contribution in [2.75, 3.05) is 23.3 Å². The summed E-state index contributed by atoms with van der Waals surface area (Å²) in [5, 5.41) is 7.51. The number of carbonyl (C=O) groups is 1. The molecular weight excluding hydrogens is 386 g/mol. The molecule has 0 unspecified atom stereocenters. The molecule has 1 aliphatic rings. The van der Waals surface area contributed by atoms with Gasteiger partial charge in [0.1, 0.15) is 23.0 Å². The summed E-state index contributed by atoms with van der Waals surface area (Å²) in [5.74, 6) is -0.535. The number of nitrogens with zero attached hydrogens (tertiary/aromatic N) is 3. The number of rotatable bonds is 5. The smallest absolute Gasteiger partial charge is 0.230 e. The molecular formula is C23H24F2N4O. The quantitative estimate of drug-likeness (QED) is 0.672. The molecule has 2 aromatic carbocycles. The van der Waals surface area contributed by atoms with Crippen LogP contribution in [0.15, 0.2) is 48.5 Å². The van der Waals surface area contributed by atoms with Crippen molar-refractivity contribution >= 4 is 17.4 Å². The minimum Gasteiger partial charge on any atom is -0.367 e. The van der Waals surface area contributed by atoms with Crippen LogP contribution >= 0.6 is 0 Å². The number of nitrogens with one attached hydrogen (secondary N) is 1. The van der Waals surface area contributed by atoms with Crippen LogP contribution in [0, 0.1) is 11.6 Å². The molecule has 0 spiro atoms. The van der Waals surface area contributed by atoms with Gasteiger partial charge >= 0.3 is 0 Å². The van der Waals surface area contributed by atoms with Gasteiger partial charge in [0, 0.05) is 25.7 Å². The zero-order valence-electron chi connectivity index (χ0n) is 16.9. The molecule has 2 heterocycles. The SMILES string of the molecule is Cn1nc(-c2cccc(F)c2)c(N2CCCCC2)c1NC(=O)Cc1ccccc1F. The number of halogens is 2. The van der Waals surface area contributed by atoms with Crippen LogP contribution in [0.3, 0.4) is 0 Å². The Labute approximate surface area is 174 Å². The van der Waals surface area contributed by atoms with Gasteiger partial charge in [0.25, 0.3) is 0 Å². The summed E-state index contributed by atoms with van der Waals surface area (Å²) in [6.45, 7) is 1.67. The Morgan fingerprint density at radius 1 is 1.07 bits per heavy atom. The molecule has 0 saturated carbocycles. The number of amides is 1. The summed E-state index contributed by atoms with van der Waals surface area (Å²) < 4.78 is 29.4. The Hall–Kier alpha value is -3.22. The molecule has 1 aromatic heterocycles. The van der Waals surface area contributed by atoms with E-state index in [1.165, 1.54) is 18.2 Å². The lowest BCUT2D eigenvalue weighted by atomic mass is 10.1. The van der Waals surface area contributed by atoms with E-state index < -0.39 is 5.82 Å².